The number of fused-ring (bicyclic) bond motifs is 1. The van der Waals surface area contributed by atoms with Crippen LogP contribution in [0.15, 0.2) is 30.5 Å². The van der Waals surface area contributed by atoms with Crippen LogP contribution in [0.1, 0.15) is 6.92 Å². The van der Waals surface area contributed by atoms with E-state index in [2.05, 4.69) is 41.2 Å². The van der Waals surface area contributed by atoms with E-state index in [-0.39, 0.29) is 0 Å². The van der Waals surface area contributed by atoms with Crippen molar-refractivity contribution in [1.29, 1.82) is 0 Å². The summed E-state index contributed by atoms with van der Waals surface area (Å²) in [5, 5.41) is 4.56. The van der Waals surface area contributed by atoms with Crippen molar-refractivity contribution in [1.82, 2.24) is 9.88 Å². The molecule has 1 N–H and O–H groups in total. The summed E-state index contributed by atoms with van der Waals surface area (Å²) in [7, 11) is 1.70. The number of likely N-dealkylation sites (N-methyl/N-ethyl adjacent to an activating group) is 1. The number of nitrogens with zero attached hydrogens (tertiary/aromatic N) is 1. The van der Waals surface area contributed by atoms with E-state index in [0.717, 1.165) is 25.4 Å². The molecule has 0 amide bonds. The highest BCUT2D eigenvalue weighted by Crippen LogP contribution is 2.21. The molecular formula is C13H18N2O. The number of aromatic nitrogens is 1. The van der Waals surface area contributed by atoms with Gasteiger partial charge in [0.05, 0.1) is 7.11 Å². The summed E-state index contributed by atoms with van der Waals surface area (Å²) in [5.41, 5.74) is 1.26. The SMILES string of the molecule is CCNCCn1ccc2cc(OC)ccc21. The number of hydrogen-bond donors (Lipinski definition) is 1. The third-order valence-corrected chi connectivity index (χ3v) is 2.76. The standard InChI is InChI=1S/C13H18N2O/c1-3-14-7-9-15-8-6-11-10-12(16-2)4-5-13(11)15/h4-6,8,10,14H,3,7,9H2,1-2H3. The molecule has 1 aromatic heterocycles. The van der Waals surface area contributed by atoms with E-state index in [1.54, 1.807) is 7.11 Å². The molecule has 0 radical (unpaired) electrons. The van der Waals surface area contributed by atoms with Crippen molar-refractivity contribution >= 4 is 10.9 Å². The number of ether oxygens (including phenoxy) is 1. The molecule has 0 fully saturated rings. The topological polar surface area (TPSA) is 26.2 Å². The second-order valence-corrected chi connectivity index (χ2v) is 3.79. The van der Waals surface area contributed by atoms with Crippen molar-refractivity contribution in [3.8, 4) is 5.75 Å². The van der Waals surface area contributed by atoms with Crippen LogP contribution in [0.2, 0.25) is 0 Å². The Balaban J connectivity index is 2.20. The normalized spacial score (nSPS) is 10.9. The zero-order chi connectivity index (χ0) is 11.4. The molecule has 2 rings (SSSR count). The van der Waals surface area contributed by atoms with E-state index in [1.807, 2.05) is 6.07 Å². The average Bonchev–Trinajstić information content (AvgIpc) is 2.72. The molecule has 0 unspecified atom stereocenters. The van der Waals surface area contributed by atoms with E-state index in [1.165, 1.54) is 10.9 Å². The molecule has 0 bridgehead atoms. The lowest BCUT2D eigenvalue weighted by molar-refractivity contribution is 0.415. The largest absolute Gasteiger partial charge is 0.497 e. The van der Waals surface area contributed by atoms with Crippen LogP contribution >= 0.6 is 0 Å². The summed E-state index contributed by atoms with van der Waals surface area (Å²) in [4.78, 5) is 0. The Morgan fingerprint density at radius 2 is 2.19 bits per heavy atom. The van der Waals surface area contributed by atoms with Gasteiger partial charge in [0, 0.05) is 30.2 Å². The lowest BCUT2D eigenvalue weighted by Gasteiger charge is -2.06. The monoisotopic (exact) mass is 218 g/mol. The van der Waals surface area contributed by atoms with E-state index in [4.69, 9.17) is 4.74 Å². The number of methoxy groups -OCH3 is 1. The highest BCUT2D eigenvalue weighted by Gasteiger charge is 2.01. The van der Waals surface area contributed by atoms with Crippen molar-refractivity contribution in [3.05, 3.63) is 30.5 Å². The zero-order valence-corrected chi connectivity index (χ0v) is 9.86. The minimum absolute atomic E-state index is 0.914. The van der Waals surface area contributed by atoms with E-state index >= 15 is 0 Å². The molecule has 86 valence electrons. The highest BCUT2D eigenvalue weighted by atomic mass is 16.5. The highest BCUT2D eigenvalue weighted by molar-refractivity contribution is 5.81. The molecule has 0 aliphatic rings. The van der Waals surface area contributed by atoms with Gasteiger partial charge in [0.1, 0.15) is 5.75 Å². The van der Waals surface area contributed by atoms with Gasteiger partial charge in [0.15, 0.2) is 0 Å². The first-order valence-electron chi connectivity index (χ1n) is 5.68. The van der Waals surface area contributed by atoms with Crippen molar-refractivity contribution in [2.75, 3.05) is 20.2 Å². The van der Waals surface area contributed by atoms with E-state index in [9.17, 15) is 0 Å². The van der Waals surface area contributed by atoms with Crippen LogP contribution in [0.4, 0.5) is 0 Å². The molecule has 0 aliphatic heterocycles. The lowest BCUT2D eigenvalue weighted by Crippen LogP contribution is -2.18. The molecule has 0 saturated carbocycles. The first-order chi connectivity index (χ1) is 7.85. The Labute approximate surface area is 96.0 Å². The number of hydrogen-bond acceptors (Lipinski definition) is 2. The molecule has 2 aromatic rings. The summed E-state index contributed by atoms with van der Waals surface area (Å²) < 4.78 is 7.47. The Morgan fingerprint density at radius 1 is 1.31 bits per heavy atom. The van der Waals surface area contributed by atoms with Crippen molar-refractivity contribution < 1.29 is 4.74 Å². The first-order valence-corrected chi connectivity index (χ1v) is 5.68. The third kappa shape index (κ3) is 2.19. The van der Waals surface area contributed by atoms with Gasteiger partial charge in [-0.1, -0.05) is 6.92 Å². The zero-order valence-electron chi connectivity index (χ0n) is 9.86. The first kappa shape index (κ1) is 11.0. The molecule has 3 nitrogen and oxygen atoms in total. The second kappa shape index (κ2) is 5.03. The molecular weight excluding hydrogens is 200 g/mol. The van der Waals surface area contributed by atoms with Gasteiger partial charge >= 0.3 is 0 Å². The van der Waals surface area contributed by atoms with E-state index in [0.29, 0.717) is 0 Å². The predicted molar refractivity (Wildman–Crippen MR) is 67.0 cm³/mol. The Morgan fingerprint density at radius 3 is 2.94 bits per heavy atom. The summed E-state index contributed by atoms with van der Waals surface area (Å²) in [6.45, 7) is 5.15. The molecule has 1 aromatic carbocycles. The lowest BCUT2D eigenvalue weighted by atomic mass is 10.2. The number of rotatable bonds is 5. The third-order valence-electron chi connectivity index (χ3n) is 2.76. The summed E-state index contributed by atoms with van der Waals surface area (Å²) in [5.74, 6) is 0.914. The fraction of sp³-hybridized carbons (Fsp3) is 0.385. The van der Waals surface area contributed by atoms with Crippen LogP contribution in [0.5, 0.6) is 5.75 Å². The summed E-state index contributed by atoms with van der Waals surface area (Å²) in [6, 6.07) is 8.31. The molecule has 16 heavy (non-hydrogen) atoms. The fourth-order valence-electron chi connectivity index (χ4n) is 1.88. The van der Waals surface area contributed by atoms with Gasteiger partial charge in [0.25, 0.3) is 0 Å². The van der Waals surface area contributed by atoms with Gasteiger partial charge in [-0.15, -0.1) is 0 Å². The number of nitrogens with one attached hydrogen (secondary N) is 1. The molecule has 0 aliphatic carbocycles. The van der Waals surface area contributed by atoms with Gasteiger partial charge in [-0.25, -0.2) is 0 Å². The van der Waals surface area contributed by atoms with Crippen molar-refractivity contribution in [3.63, 3.8) is 0 Å². The second-order valence-electron chi connectivity index (χ2n) is 3.79. The Hall–Kier alpha value is -1.48. The minimum atomic E-state index is 0.914. The van der Waals surface area contributed by atoms with Crippen LogP contribution in [0.3, 0.4) is 0 Å². The molecule has 1 heterocycles. The van der Waals surface area contributed by atoms with Gasteiger partial charge in [-0.3, -0.25) is 0 Å². The maximum Gasteiger partial charge on any atom is 0.119 e. The molecule has 0 spiro atoms. The van der Waals surface area contributed by atoms with Gasteiger partial charge < -0.3 is 14.6 Å². The van der Waals surface area contributed by atoms with Crippen LogP contribution in [-0.4, -0.2) is 24.8 Å². The van der Waals surface area contributed by atoms with Gasteiger partial charge in [0.2, 0.25) is 0 Å². The fourth-order valence-corrected chi connectivity index (χ4v) is 1.88. The maximum atomic E-state index is 5.21. The van der Waals surface area contributed by atoms with E-state index < -0.39 is 0 Å². The summed E-state index contributed by atoms with van der Waals surface area (Å²) >= 11 is 0. The minimum Gasteiger partial charge on any atom is -0.497 e. The van der Waals surface area contributed by atoms with Gasteiger partial charge in [-0.05, 0) is 30.8 Å². The van der Waals surface area contributed by atoms with Crippen LogP contribution in [0, 0.1) is 0 Å². The van der Waals surface area contributed by atoms with Gasteiger partial charge in [-0.2, -0.15) is 0 Å². The number of benzene rings is 1. The van der Waals surface area contributed by atoms with Crippen molar-refractivity contribution in [2.45, 2.75) is 13.5 Å². The van der Waals surface area contributed by atoms with Crippen molar-refractivity contribution in [2.24, 2.45) is 0 Å². The van der Waals surface area contributed by atoms with Crippen LogP contribution < -0.4 is 10.1 Å². The average molecular weight is 218 g/mol. The van der Waals surface area contributed by atoms with Crippen LogP contribution in [-0.2, 0) is 6.54 Å². The quantitative estimate of drug-likeness (QED) is 0.779. The Bertz CT molecular complexity index is 462. The predicted octanol–water partition coefficient (Wildman–Crippen LogP) is 2.26. The Kier molecular flexibility index (Phi) is 3.47. The summed E-state index contributed by atoms with van der Waals surface area (Å²) in [6.07, 6.45) is 2.13. The maximum absolute atomic E-state index is 5.21. The molecule has 3 heteroatoms. The smallest absolute Gasteiger partial charge is 0.119 e. The molecule has 0 atom stereocenters. The molecule has 0 saturated heterocycles. The van der Waals surface area contributed by atoms with Crippen LogP contribution in [0.25, 0.3) is 10.9 Å².